The van der Waals surface area contributed by atoms with Gasteiger partial charge in [0.25, 0.3) is 0 Å². The molecule has 0 amide bonds. The lowest BCUT2D eigenvalue weighted by atomic mass is 9.72. The topological polar surface area (TPSA) is 3.24 Å². The van der Waals surface area contributed by atoms with E-state index in [1.807, 2.05) is 0 Å². The minimum atomic E-state index is 0.974. The number of rotatable bonds is 2. The van der Waals surface area contributed by atoms with Gasteiger partial charge >= 0.3 is 0 Å². The quantitative estimate of drug-likeness (QED) is 0.563. The molecule has 0 bridgehead atoms. The molecular weight excluding hydrogens is 122 g/mol. The van der Waals surface area contributed by atoms with E-state index in [1.165, 1.54) is 25.9 Å². The normalized spacial score (nSPS) is 41.4. The number of hydrogen-bond acceptors (Lipinski definition) is 1. The number of piperidine rings is 1. The monoisotopic (exact) mass is 139 g/mol. The van der Waals surface area contributed by atoms with Crippen molar-refractivity contribution in [1.82, 2.24) is 4.90 Å². The summed E-state index contributed by atoms with van der Waals surface area (Å²) in [6.07, 6.45) is 2.85. The first kappa shape index (κ1) is 6.66. The largest absolute Gasteiger partial charge is 0.300 e. The molecule has 0 aromatic heterocycles. The second-order valence-electron chi connectivity index (χ2n) is 3.90. The van der Waals surface area contributed by atoms with E-state index in [-0.39, 0.29) is 0 Å². The molecule has 3 unspecified atom stereocenters. The summed E-state index contributed by atoms with van der Waals surface area (Å²) in [5.41, 5.74) is 0. The van der Waals surface area contributed by atoms with Crippen LogP contribution in [0.15, 0.2) is 0 Å². The van der Waals surface area contributed by atoms with Gasteiger partial charge in [0.1, 0.15) is 0 Å². The fourth-order valence-electron chi connectivity index (χ4n) is 2.29. The van der Waals surface area contributed by atoms with Crippen molar-refractivity contribution in [1.29, 1.82) is 0 Å². The zero-order chi connectivity index (χ0) is 7.14. The lowest BCUT2D eigenvalue weighted by Gasteiger charge is -2.58. The van der Waals surface area contributed by atoms with Crippen LogP contribution < -0.4 is 0 Å². The Labute approximate surface area is 63.4 Å². The van der Waals surface area contributed by atoms with Gasteiger partial charge in [-0.1, -0.05) is 20.3 Å². The molecule has 2 aliphatic heterocycles. The van der Waals surface area contributed by atoms with Crippen molar-refractivity contribution in [3.05, 3.63) is 0 Å². The molecule has 0 aromatic carbocycles. The van der Waals surface area contributed by atoms with Gasteiger partial charge in [0.05, 0.1) is 0 Å². The Hall–Kier alpha value is -0.0400. The van der Waals surface area contributed by atoms with Crippen LogP contribution in [-0.4, -0.2) is 24.0 Å². The lowest BCUT2D eigenvalue weighted by Crippen LogP contribution is -2.66. The molecule has 2 aliphatic rings. The summed E-state index contributed by atoms with van der Waals surface area (Å²) in [5.74, 6) is 2.03. The third-order valence-electron chi connectivity index (χ3n) is 3.50. The maximum atomic E-state index is 2.61. The average molecular weight is 139 g/mol. The Morgan fingerprint density at radius 1 is 1.60 bits per heavy atom. The predicted molar refractivity (Wildman–Crippen MR) is 42.9 cm³/mol. The van der Waals surface area contributed by atoms with Crippen molar-refractivity contribution < 1.29 is 0 Å². The van der Waals surface area contributed by atoms with Crippen molar-refractivity contribution in [2.24, 2.45) is 11.8 Å². The summed E-state index contributed by atoms with van der Waals surface area (Å²) in [4.78, 5) is 2.61. The fraction of sp³-hybridized carbons (Fsp3) is 1.00. The van der Waals surface area contributed by atoms with Crippen molar-refractivity contribution in [2.45, 2.75) is 32.7 Å². The van der Waals surface area contributed by atoms with Gasteiger partial charge in [-0.2, -0.15) is 0 Å². The molecule has 0 N–H and O–H groups in total. The SMILES string of the molecule is CCC(C)C1CN2CCC12. The van der Waals surface area contributed by atoms with E-state index in [4.69, 9.17) is 0 Å². The summed E-state index contributed by atoms with van der Waals surface area (Å²) in [7, 11) is 0. The highest BCUT2D eigenvalue weighted by molar-refractivity contribution is 5.00. The van der Waals surface area contributed by atoms with Crippen LogP contribution in [0, 0.1) is 11.8 Å². The van der Waals surface area contributed by atoms with Gasteiger partial charge in [0.15, 0.2) is 0 Å². The van der Waals surface area contributed by atoms with Gasteiger partial charge in [-0.25, -0.2) is 0 Å². The van der Waals surface area contributed by atoms with Gasteiger partial charge in [-0.3, -0.25) is 4.90 Å². The first-order chi connectivity index (χ1) is 4.83. The van der Waals surface area contributed by atoms with Crippen LogP contribution in [0.5, 0.6) is 0 Å². The standard InChI is InChI=1S/C9H17N/c1-3-7(2)8-6-10-5-4-9(8)10/h7-9H,3-6H2,1-2H3. The summed E-state index contributed by atoms with van der Waals surface area (Å²) in [5, 5.41) is 0. The van der Waals surface area contributed by atoms with Crippen LogP contribution in [-0.2, 0) is 0 Å². The highest BCUT2D eigenvalue weighted by Crippen LogP contribution is 2.40. The van der Waals surface area contributed by atoms with Gasteiger partial charge < -0.3 is 0 Å². The molecule has 0 aromatic rings. The maximum absolute atomic E-state index is 2.61. The van der Waals surface area contributed by atoms with Crippen molar-refractivity contribution >= 4 is 0 Å². The molecule has 0 saturated carbocycles. The second-order valence-corrected chi connectivity index (χ2v) is 3.90. The Morgan fingerprint density at radius 3 is 2.70 bits per heavy atom. The first-order valence-corrected chi connectivity index (χ1v) is 4.57. The highest BCUT2D eigenvalue weighted by atomic mass is 15.3. The fourth-order valence-corrected chi connectivity index (χ4v) is 2.29. The van der Waals surface area contributed by atoms with Crippen LogP contribution >= 0.6 is 0 Å². The summed E-state index contributed by atoms with van der Waals surface area (Å²) in [6, 6.07) is 1.01. The Balaban J connectivity index is 1.85. The van der Waals surface area contributed by atoms with E-state index < -0.39 is 0 Å². The summed E-state index contributed by atoms with van der Waals surface area (Å²) >= 11 is 0. The van der Waals surface area contributed by atoms with E-state index in [0.717, 1.165) is 17.9 Å². The average Bonchev–Trinajstić information content (AvgIpc) is 1.93. The Morgan fingerprint density at radius 2 is 2.40 bits per heavy atom. The van der Waals surface area contributed by atoms with Crippen LogP contribution in [0.3, 0.4) is 0 Å². The second kappa shape index (κ2) is 2.23. The van der Waals surface area contributed by atoms with Gasteiger partial charge in [-0.15, -0.1) is 0 Å². The predicted octanol–water partition coefficient (Wildman–Crippen LogP) is 1.74. The minimum absolute atomic E-state index is 0.974. The smallest absolute Gasteiger partial charge is 0.0151 e. The lowest BCUT2D eigenvalue weighted by molar-refractivity contribution is -0.0891. The molecule has 1 heteroatoms. The number of nitrogens with zero attached hydrogens (tertiary/aromatic N) is 1. The van der Waals surface area contributed by atoms with Crippen molar-refractivity contribution in [2.75, 3.05) is 13.1 Å². The molecule has 10 heavy (non-hydrogen) atoms. The van der Waals surface area contributed by atoms with E-state index in [1.54, 1.807) is 0 Å². The first-order valence-electron chi connectivity index (χ1n) is 4.57. The molecule has 3 atom stereocenters. The van der Waals surface area contributed by atoms with E-state index in [2.05, 4.69) is 18.7 Å². The molecule has 2 fully saturated rings. The van der Waals surface area contributed by atoms with Crippen LogP contribution in [0.4, 0.5) is 0 Å². The molecule has 0 radical (unpaired) electrons. The zero-order valence-corrected chi connectivity index (χ0v) is 7.01. The molecule has 2 rings (SSSR count). The summed E-state index contributed by atoms with van der Waals surface area (Å²) < 4.78 is 0. The molecular formula is C9H17N. The Bertz CT molecular complexity index is 129. The van der Waals surface area contributed by atoms with E-state index in [0.29, 0.717) is 0 Å². The van der Waals surface area contributed by atoms with Crippen molar-refractivity contribution in [3.8, 4) is 0 Å². The third kappa shape index (κ3) is 0.731. The van der Waals surface area contributed by atoms with Crippen LogP contribution in [0.2, 0.25) is 0 Å². The van der Waals surface area contributed by atoms with Gasteiger partial charge in [-0.05, 0) is 24.8 Å². The minimum Gasteiger partial charge on any atom is -0.300 e. The van der Waals surface area contributed by atoms with Gasteiger partial charge in [0, 0.05) is 12.6 Å². The van der Waals surface area contributed by atoms with Crippen LogP contribution in [0.1, 0.15) is 26.7 Å². The maximum Gasteiger partial charge on any atom is 0.0151 e. The Kier molecular flexibility index (Phi) is 1.48. The molecule has 2 saturated heterocycles. The van der Waals surface area contributed by atoms with E-state index in [9.17, 15) is 0 Å². The number of fused-ring (bicyclic) bond motifs is 1. The zero-order valence-electron chi connectivity index (χ0n) is 7.01. The molecule has 2 heterocycles. The molecule has 0 aliphatic carbocycles. The third-order valence-corrected chi connectivity index (χ3v) is 3.50. The summed E-state index contributed by atoms with van der Waals surface area (Å²) in [6.45, 7) is 7.50. The van der Waals surface area contributed by atoms with E-state index >= 15 is 0 Å². The molecule has 0 spiro atoms. The highest BCUT2D eigenvalue weighted by Gasteiger charge is 2.46. The molecule has 1 nitrogen and oxygen atoms in total. The molecule has 58 valence electrons. The van der Waals surface area contributed by atoms with Crippen molar-refractivity contribution in [3.63, 3.8) is 0 Å². The van der Waals surface area contributed by atoms with Gasteiger partial charge in [0.2, 0.25) is 0 Å². The van der Waals surface area contributed by atoms with Crippen LogP contribution in [0.25, 0.3) is 0 Å². The number of hydrogen-bond donors (Lipinski definition) is 0.